The van der Waals surface area contributed by atoms with Crippen LogP contribution in [0.4, 0.5) is 0 Å². The van der Waals surface area contributed by atoms with Gasteiger partial charge in [0.2, 0.25) is 0 Å². The second-order valence-electron chi connectivity index (χ2n) is 8.44. The Labute approximate surface area is 123 Å². The fourth-order valence-electron chi connectivity index (χ4n) is 6.85. The van der Waals surface area contributed by atoms with Gasteiger partial charge in [-0.2, -0.15) is 0 Å². The average Bonchev–Trinajstić information content (AvgIpc) is 2.44. The zero-order chi connectivity index (χ0) is 13.2. The molecule has 7 rings (SSSR count). The van der Waals surface area contributed by atoms with Crippen LogP contribution in [-0.2, 0) is 0 Å². The quantitative estimate of drug-likeness (QED) is 0.487. The molecule has 7 aliphatic rings. The molecule has 2 spiro atoms. The predicted molar refractivity (Wildman–Crippen MR) is 83.4 cm³/mol. The summed E-state index contributed by atoms with van der Waals surface area (Å²) in [5.41, 5.74) is 5.08. The Morgan fingerprint density at radius 1 is 0.600 bits per heavy atom. The lowest BCUT2D eigenvalue weighted by molar-refractivity contribution is 0.0475. The Morgan fingerprint density at radius 3 is 1.40 bits per heavy atom. The van der Waals surface area contributed by atoms with Gasteiger partial charge in [-0.1, -0.05) is 23.3 Å². The van der Waals surface area contributed by atoms with E-state index in [1.807, 2.05) is 11.1 Å². The molecule has 0 amide bonds. The van der Waals surface area contributed by atoms with Gasteiger partial charge >= 0.3 is 0 Å². The van der Waals surface area contributed by atoms with Crippen LogP contribution in [0.25, 0.3) is 0 Å². The standard InChI is InChI=1S/C20H28/c1-3-15-7-11-19(12-8-15)17(5-1)20-13-9-16(10-14-20)4-2-6-18(19)20/h5-6,15-16H,1-4,7-14H2. The Balaban J connectivity index is 1.65. The highest BCUT2D eigenvalue weighted by molar-refractivity contribution is 5.55. The fraction of sp³-hybridized carbons (Fsp3) is 0.800. The molecule has 0 heterocycles. The van der Waals surface area contributed by atoms with E-state index in [1.54, 1.807) is 0 Å². The molecule has 4 bridgehead atoms. The van der Waals surface area contributed by atoms with Crippen molar-refractivity contribution < 1.29 is 0 Å². The van der Waals surface area contributed by atoms with Crippen molar-refractivity contribution >= 4 is 0 Å². The van der Waals surface area contributed by atoms with E-state index < -0.39 is 0 Å². The van der Waals surface area contributed by atoms with Gasteiger partial charge in [-0.05, 0) is 88.9 Å². The van der Waals surface area contributed by atoms with Crippen molar-refractivity contribution in [2.45, 2.75) is 77.0 Å². The van der Waals surface area contributed by atoms with Crippen molar-refractivity contribution in [3.05, 3.63) is 23.3 Å². The predicted octanol–water partition coefficient (Wildman–Crippen LogP) is 5.79. The largest absolute Gasteiger partial charge is 0.0835 e. The van der Waals surface area contributed by atoms with Gasteiger partial charge in [0, 0.05) is 10.8 Å². The van der Waals surface area contributed by atoms with Gasteiger partial charge in [0.05, 0.1) is 0 Å². The van der Waals surface area contributed by atoms with Crippen LogP contribution in [-0.4, -0.2) is 0 Å². The Bertz CT molecular complexity index is 414. The molecule has 108 valence electrons. The summed E-state index contributed by atoms with van der Waals surface area (Å²) in [6, 6.07) is 0. The maximum atomic E-state index is 2.74. The third-order valence-corrected chi connectivity index (χ3v) is 7.83. The third-order valence-electron chi connectivity index (χ3n) is 7.83. The van der Waals surface area contributed by atoms with Gasteiger partial charge < -0.3 is 0 Å². The maximum Gasteiger partial charge on any atom is 0.0138 e. The van der Waals surface area contributed by atoms with E-state index in [1.165, 1.54) is 77.0 Å². The molecular weight excluding hydrogens is 240 g/mol. The number of rotatable bonds is 0. The molecule has 0 radical (unpaired) electrons. The van der Waals surface area contributed by atoms with Crippen LogP contribution >= 0.6 is 0 Å². The highest BCUT2D eigenvalue weighted by Crippen LogP contribution is 2.74. The Morgan fingerprint density at radius 2 is 1.00 bits per heavy atom. The maximum absolute atomic E-state index is 2.74. The molecule has 7 aliphatic carbocycles. The zero-order valence-corrected chi connectivity index (χ0v) is 12.8. The summed E-state index contributed by atoms with van der Waals surface area (Å²) in [7, 11) is 0. The van der Waals surface area contributed by atoms with E-state index in [2.05, 4.69) is 12.2 Å². The summed E-state index contributed by atoms with van der Waals surface area (Å²) in [6.07, 6.45) is 23.3. The highest BCUT2D eigenvalue weighted by atomic mass is 14.7. The van der Waals surface area contributed by atoms with Crippen LogP contribution in [0.2, 0.25) is 0 Å². The summed E-state index contributed by atoms with van der Waals surface area (Å²) in [5.74, 6) is 2.11. The van der Waals surface area contributed by atoms with Crippen molar-refractivity contribution in [3.63, 3.8) is 0 Å². The molecule has 0 saturated heterocycles. The van der Waals surface area contributed by atoms with Crippen molar-refractivity contribution in [2.75, 3.05) is 0 Å². The van der Waals surface area contributed by atoms with Crippen LogP contribution in [0.5, 0.6) is 0 Å². The molecular formula is C20H28. The first-order chi connectivity index (χ1) is 9.83. The van der Waals surface area contributed by atoms with Crippen LogP contribution in [0.3, 0.4) is 0 Å². The van der Waals surface area contributed by atoms with E-state index in [9.17, 15) is 0 Å². The first-order valence-corrected chi connectivity index (χ1v) is 9.26. The molecule has 0 aromatic carbocycles. The lowest BCUT2D eigenvalue weighted by Crippen LogP contribution is -2.56. The Kier molecular flexibility index (Phi) is 2.43. The lowest BCUT2D eigenvalue weighted by Gasteiger charge is -2.67. The van der Waals surface area contributed by atoms with E-state index in [4.69, 9.17) is 0 Å². The molecule has 0 atom stereocenters. The molecule has 0 aromatic heterocycles. The SMILES string of the molecule is C1=C2C3(CCC(CC1)CC3)C1=CCCC3CCC21CC3. The molecule has 3 fully saturated rings. The summed E-state index contributed by atoms with van der Waals surface area (Å²) in [6.45, 7) is 0. The molecule has 0 aliphatic heterocycles. The van der Waals surface area contributed by atoms with Crippen LogP contribution in [0.15, 0.2) is 23.3 Å². The monoisotopic (exact) mass is 268 g/mol. The van der Waals surface area contributed by atoms with Crippen LogP contribution in [0, 0.1) is 22.7 Å². The fourth-order valence-corrected chi connectivity index (χ4v) is 6.85. The van der Waals surface area contributed by atoms with Crippen molar-refractivity contribution in [1.82, 2.24) is 0 Å². The molecule has 3 saturated carbocycles. The van der Waals surface area contributed by atoms with Gasteiger partial charge in [0.15, 0.2) is 0 Å². The second-order valence-corrected chi connectivity index (χ2v) is 8.44. The number of fused-ring (bicyclic) bond motifs is 8. The van der Waals surface area contributed by atoms with E-state index in [0.717, 1.165) is 11.8 Å². The normalized spacial score (nSPS) is 49.6. The summed E-state index contributed by atoms with van der Waals surface area (Å²) >= 11 is 0. The summed E-state index contributed by atoms with van der Waals surface area (Å²) in [4.78, 5) is 0. The van der Waals surface area contributed by atoms with Gasteiger partial charge in [-0.15, -0.1) is 0 Å². The number of hydrogen-bond donors (Lipinski definition) is 0. The summed E-state index contributed by atoms with van der Waals surface area (Å²) < 4.78 is 0. The van der Waals surface area contributed by atoms with Gasteiger partial charge in [0.25, 0.3) is 0 Å². The minimum atomic E-state index is 0.584. The van der Waals surface area contributed by atoms with Crippen molar-refractivity contribution in [1.29, 1.82) is 0 Å². The van der Waals surface area contributed by atoms with Gasteiger partial charge in [0.1, 0.15) is 0 Å². The van der Waals surface area contributed by atoms with Crippen molar-refractivity contribution in [3.8, 4) is 0 Å². The minimum Gasteiger partial charge on any atom is -0.0835 e. The average molecular weight is 268 g/mol. The second kappa shape index (κ2) is 4.02. The van der Waals surface area contributed by atoms with E-state index in [0.29, 0.717) is 10.8 Å². The lowest BCUT2D eigenvalue weighted by atomic mass is 9.37. The third kappa shape index (κ3) is 1.34. The number of allylic oxidation sites excluding steroid dienone is 4. The van der Waals surface area contributed by atoms with Crippen LogP contribution < -0.4 is 0 Å². The van der Waals surface area contributed by atoms with Crippen LogP contribution in [0.1, 0.15) is 77.0 Å². The molecule has 0 unspecified atom stereocenters. The first kappa shape index (κ1) is 12.1. The smallest absolute Gasteiger partial charge is 0.0138 e. The highest BCUT2D eigenvalue weighted by Gasteiger charge is 2.63. The molecule has 0 nitrogen and oxygen atoms in total. The van der Waals surface area contributed by atoms with Crippen molar-refractivity contribution in [2.24, 2.45) is 22.7 Å². The van der Waals surface area contributed by atoms with E-state index >= 15 is 0 Å². The van der Waals surface area contributed by atoms with E-state index in [-0.39, 0.29) is 0 Å². The zero-order valence-electron chi connectivity index (χ0n) is 12.8. The van der Waals surface area contributed by atoms with Gasteiger partial charge in [-0.25, -0.2) is 0 Å². The molecule has 0 aromatic rings. The molecule has 20 heavy (non-hydrogen) atoms. The number of hydrogen-bond acceptors (Lipinski definition) is 0. The molecule has 0 heteroatoms. The summed E-state index contributed by atoms with van der Waals surface area (Å²) in [5, 5.41) is 0. The topological polar surface area (TPSA) is 0 Å². The minimum absolute atomic E-state index is 0.584. The first-order valence-electron chi connectivity index (χ1n) is 9.26. The molecule has 0 N–H and O–H groups in total. The Hall–Kier alpha value is -0.520. The van der Waals surface area contributed by atoms with Gasteiger partial charge in [-0.3, -0.25) is 0 Å².